The summed E-state index contributed by atoms with van der Waals surface area (Å²) in [5.74, 6) is 1.30. The molecule has 0 spiro atoms. The van der Waals surface area contributed by atoms with Crippen LogP contribution in [-0.4, -0.2) is 21.1 Å². The Balaban J connectivity index is 1.81. The summed E-state index contributed by atoms with van der Waals surface area (Å²) in [7, 11) is 0. The van der Waals surface area contributed by atoms with Crippen molar-refractivity contribution in [1.29, 1.82) is 0 Å². The zero-order chi connectivity index (χ0) is 12.9. The average molecular weight is 252 g/mol. The zero-order valence-electron chi connectivity index (χ0n) is 10.7. The highest BCUT2D eigenvalue weighted by molar-refractivity contribution is 5.62. The number of benzene rings is 1. The summed E-state index contributed by atoms with van der Waals surface area (Å²) in [5.41, 5.74) is 1.03. The van der Waals surface area contributed by atoms with Crippen molar-refractivity contribution in [2.45, 2.75) is 19.3 Å². The molecule has 1 aliphatic carbocycles. The Morgan fingerprint density at radius 1 is 1.21 bits per heavy atom. The zero-order valence-corrected chi connectivity index (χ0v) is 10.7. The van der Waals surface area contributed by atoms with Gasteiger partial charge in [0.05, 0.1) is 0 Å². The fraction of sp³-hybridized carbons (Fsp3) is 0.267. The molecule has 4 nitrogen and oxygen atoms in total. The van der Waals surface area contributed by atoms with Crippen LogP contribution in [0.15, 0.2) is 53.9 Å². The second-order valence-corrected chi connectivity index (χ2v) is 4.67. The monoisotopic (exact) mass is 252 g/mol. The molecule has 0 aliphatic heterocycles. The van der Waals surface area contributed by atoms with Crippen LogP contribution in [0.25, 0.3) is 11.4 Å². The van der Waals surface area contributed by atoms with E-state index in [1.165, 1.54) is 6.42 Å². The van der Waals surface area contributed by atoms with Crippen LogP contribution in [0.4, 0.5) is 0 Å². The Bertz CT molecular complexity index is 583. The van der Waals surface area contributed by atoms with Crippen LogP contribution in [0.5, 0.6) is 0 Å². The third kappa shape index (κ3) is 2.78. The highest BCUT2D eigenvalue weighted by Gasteiger charge is 2.08. The van der Waals surface area contributed by atoms with Crippen molar-refractivity contribution < 1.29 is 0 Å². The fourth-order valence-corrected chi connectivity index (χ4v) is 2.21. The van der Waals surface area contributed by atoms with Gasteiger partial charge < -0.3 is 0 Å². The van der Waals surface area contributed by atoms with Crippen LogP contribution in [0, 0.1) is 5.92 Å². The Morgan fingerprint density at radius 3 is 2.89 bits per heavy atom. The van der Waals surface area contributed by atoms with Crippen molar-refractivity contribution in [1.82, 2.24) is 14.9 Å². The van der Waals surface area contributed by atoms with Crippen molar-refractivity contribution >= 4 is 6.21 Å². The number of rotatable bonds is 3. The smallest absolute Gasteiger partial charge is 0.184 e. The van der Waals surface area contributed by atoms with Gasteiger partial charge in [-0.25, -0.2) is 4.68 Å². The molecule has 0 radical (unpaired) electrons. The first-order chi connectivity index (χ1) is 9.43. The third-order valence-electron chi connectivity index (χ3n) is 3.27. The highest BCUT2D eigenvalue weighted by atomic mass is 15.4. The second-order valence-electron chi connectivity index (χ2n) is 4.67. The molecule has 19 heavy (non-hydrogen) atoms. The normalized spacial score (nSPS) is 19.1. The molecule has 1 heterocycles. The van der Waals surface area contributed by atoms with Gasteiger partial charge in [0.2, 0.25) is 0 Å². The first-order valence-electron chi connectivity index (χ1n) is 6.58. The topological polar surface area (TPSA) is 43.1 Å². The van der Waals surface area contributed by atoms with E-state index < -0.39 is 0 Å². The van der Waals surface area contributed by atoms with E-state index in [9.17, 15) is 0 Å². The lowest BCUT2D eigenvalue weighted by molar-refractivity contribution is 0.622. The van der Waals surface area contributed by atoms with Gasteiger partial charge in [0.25, 0.3) is 0 Å². The van der Waals surface area contributed by atoms with Crippen LogP contribution in [0.2, 0.25) is 0 Å². The first-order valence-corrected chi connectivity index (χ1v) is 6.58. The molecule has 1 aromatic carbocycles. The molecular formula is C15H16N4. The Labute approximate surface area is 112 Å². The predicted octanol–water partition coefficient (Wildman–Crippen LogP) is 3.14. The summed E-state index contributed by atoms with van der Waals surface area (Å²) in [6.45, 7) is 0. The van der Waals surface area contributed by atoms with Gasteiger partial charge in [-0.3, -0.25) is 0 Å². The largest absolute Gasteiger partial charge is 0.200 e. The van der Waals surface area contributed by atoms with Crippen molar-refractivity contribution in [3.05, 3.63) is 48.8 Å². The van der Waals surface area contributed by atoms with Gasteiger partial charge in [0.15, 0.2) is 5.82 Å². The van der Waals surface area contributed by atoms with Crippen molar-refractivity contribution in [3.63, 3.8) is 0 Å². The summed E-state index contributed by atoms with van der Waals surface area (Å²) < 4.78 is 1.74. The maximum Gasteiger partial charge on any atom is 0.184 e. The number of hydrogen-bond acceptors (Lipinski definition) is 3. The lowest BCUT2D eigenvalue weighted by Crippen LogP contribution is -2.05. The van der Waals surface area contributed by atoms with E-state index in [4.69, 9.17) is 0 Å². The average Bonchev–Trinajstić information content (AvgIpc) is 2.95. The van der Waals surface area contributed by atoms with Gasteiger partial charge in [-0.05, 0) is 25.2 Å². The van der Waals surface area contributed by atoms with Crippen molar-refractivity contribution in [3.8, 4) is 11.4 Å². The van der Waals surface area contributed by atoms with Crippen LogP contribution in [0.1, 0.15) is 19.3 Å². The minimum atomic E-state index is 0.524. The van der Waals surface area contributed by atoms with Crippen LogP contribution < -0.4 is 0 Å². The van der Waals surface area contributed by atoms with Crippen LogP contribution in [0.3, 0.4) is 0 Å². The lowest BCUT2D eigenvalue weighted by atomic mass is 9.96. The van der Waals surface area contributed by atoms with Gasteiger partial charge in [-0.15, -0.1) is 10.2 Å². The van der Waals surface area contributed by atoms with E-state index in [0.717, 1.165) is 24.2 Å². The molecule has 0 fully saturated rings. The molecule has 96 valence electrons. The molecule has 1 aliphatic rings. The molecule has 1 aromatic heterocycles. The SMILES string of the molecule is C1=CC[C@@H](/C=N\n2cnnc2-c2ccccc2)CC1. The molecule has 0 bridgehead atoms. The molecule has 0 saturated heterocycles. The van der Waals surface area contributed by atoms with E-state index >= 15 is 0 Å². The second kappa shape index (κ2) is 5.61. The first kappa shape index (κ1) is 11.8. The maximum absolute atomic E-state index is 4.50. The van der Waals surface area contributed by atoms with Crippen molar-refractivity contribution in [2.24, 2.45) is 11.0 Å². The van der Waals surface area contributed by atoms with Gasteiger partial charge in [-0.1, -0.05) is 42.5 Å². The summed E-state index contributed by atoms with van der Waals surface area (Å²) in [6, 6.07) is 9.99. The molecule has 4 heteroatoms. The lowest BCUT2D eigenvalue weighted by Gasteiger charge is -2.11. The third-order valence-corrected chi connectivity index (χ3v) is 3.27. The maximum atomic E-state index is 4.50. The van der Waals surface area contributed by atoms with Gasteiger partial charge in [0.1, 0.15) is 6.33 Å². The Kier molecular flexibility index (Phi) is 3.49. The molecule has 0 unspecified atom stereocenters. The summed E-state index contributed by atoms with van der Waals surface area (Å²) in [6.07, 6.45) is 11.5. The minimum absolute atomic E-state index is 0.524. The van der Waals surface area contributed by atoms with Gasteiger partial charge >= 0.3 is 0 Å². The summed E-state index contributed by atoms with van der Waals surface area (Å²) in [5, 5.41) is 12.6. The minimum Gasteiger partial charge on any atom is -0.200 e. The standard InChI is InChI=1S/C15H16N4/c1-3-7-13(8-4-1)11-17-19-12-16-18-15(19)14-9-5-2-6-10-14/h1-3,5-6,9-13H,4,7-8H2/b17-11-/t13-/m1/s1. The molecule has 0 saturated carbocycles. The van der Waals surface area contributed by atoms with E-state index in [1.54, 1.807) is 11.0 Å². The fourth-order valence-electron chi connectivity index (χ4n) is 2.21. The molecule has 1 atom stereocenters. The molecule has 0 amide bonds. The van der Waals surface area contributed by atoms with E-state index in [1.807, 2.05) is 36.5 Å². The predicted molar refractivity (Wildman–Crippen MR) is 75.8 cm³/mol. The molecule has 2 aromatic rings. The number of nitrogens with zero attached hydrogens (tertiary/aromatic N) is 4. The van der Waals surface area contributed by atoms with E-state index in [-0.39, 0.29) is 0 Å². The van der Waals surface area contributed by atoms with E-state index in [0.29, 0.717) is 5.92 Å². The highest BCUT2D eigenvalue weighted by Crippen LogP contribution is 2.18. The van der Waals surface area contributed by atoms with Crippen LogP contribution in [-0.2, 0) is 0 Å². The number of allylic oxidation sites excluding steroid dienone is 2. The Morgan fingerprint density at radius 2 is 2.11 bits per heavy atom. The number of hydrogen-bond donors (Lipinski definition) is 0. The summed E-state index contributed by atoms with van der Waals surface area (Å²) in [4.78, 5) is 0. The van der Waals surface area contributed by atoms with Gasteiger partial charge in [-0.2, -0.15) is 5.10 Å². The van der Waals surface area contributed by atoms with Crippen molar-refractivity contribution in [2.75, 3.05) is 0 Å². The molecular weight excluding hydrogens is 236 g/mol. The van der Waals surface area contributed by atoms with E-state index in [2.05, 4.69) is 27.5 Å². The quantitative estimate of drug-likeness (QED) is 0.622. The molecule has 3 rings (SSSR count). The summed E-state index contributed by atoms with van der Waals surface area (Å²) >= 11 is 0. The Hall–Kier alpha value is -2.23. The number of aromatic nitrogens is 3. The van der Waals surface area contributed by atoms with Crippen LogP contribution >= 0.6 is 0 Å². The molecule has 0 N–H and O–H groups in total. The van der Waals surface area contributed by atoms with Gasteiger partial charge in [0, 0.05) is 11.8 Å².